The Balaban J connectivity index is 2.27. The number of nitrogens with zero attached hydrogens (tertiary/aromatic N) is 2. The summed E-state index contributed by atoms with van der Waals surface area (Å²) in [5, 5.41) is 2.97. The Morgan fingerprint density at radius 3 is 2.60 bits per heavy atom. The van der Waals surface area contributed by atoms with Crippen molar-refractivity contribution in [3.05, 3.63) is 0 Å². The third-order valence-corrected chi connectivity index (χ3v) is 2.31. The van der Waals surface area contributed by atoms with Gasteiger partial charge in [-0.05, 0) is 21.0 Å². The molecule has 0 saturated carbocycles. The van der Waals surface area contributed by atoms with Crippen LogP contribution in [0.1, 0.15) is 6.92 Å². The van der Waals surface area contributed by atoms with Crippen LogP contribution < -0.4 is 5.32 Å². The third kappa shape index (κ3) is 4.48. The van der Waals surface area contributed by atoms with Crippen LogP contribution in [0.25, 0.3) is 0 Å². The third-order valence-electron chi connectivity index (χ3n) is 2.31. The van der Waals surface area contributed by atoms with Crippen molar-refractivity contribution in [2.24, 2.45) is 0 Å². The summed E-state index contributed by atoms with van der Waals surface area (Å²) >= 11 is 0. The molecular weight excluding hydrogens is 194 g/mol. The summed E-state index contributed by atoms with van der Waals surface area (Å²) in [5.74, 6) is 0. The van der Waals surface area contributed by atoms with Crippen molar-refractivity contribution < 1.29 is 9.53 Å². The maximum atomic E-state index is 11.7. The molecule has 1 rings (SSSR count). The van der Waals surface area contributed by atoms with Gasteiger partial charge >= 0.3 is 6.03 Å². The van der Waals surface area contributed by atoms with Crippen LogP contribution in [0.15, 0.2) is 0 Å². The number of urea groups is 1. The molecule has 1 aliphatic rings. The van der Waals surface area contributed by atoms with Crippen molar-refractivity contribution in [2.75, 3.05) is 46.9 Å². The highest BCUT2D eigenvalue weighted by Crippen LogP contribution is 1.98. The van der Waals surface area contributed by atoms with Gasteiger partial charge in [0.15, 0.2) is 0 Å². The highest BCUT2D eigenvalue weighted by molar-refractivity contribution is 5.74. The lowest BCUT2D eigenvalue weighted by atomic mass is 10.3. The van der Waals surface area contributed by atoms with E-state index in [9.17, 15) is 4.79 Å². The zero-order valence-corrected chi connectivity index (χ0v) is 9.82. The first kappa shape index (κ1) is 12.3. The molecule has 0 aromatic carbocycles. The van der Waals surface area contributed by atoms with Crippen molar-refractivity contribution in [2.45, 2.75) is 13.0 Å². The second-order valence-electron chi connectivity index (χ2n) is 4.21. The molecule has 88 valence electrons. The number of morpholine rings is 1. The Labute approximate surface area is 91.4 Å². The molecule has 0 spiro atoms. The molecule has 0 aliphatic carbocycles. The summed E-state index contributed by atoms with van der Waals surface area (Å²) < 4.78 is 5.19. The van der Waals surface area contributed by atoms with Crippen molar-refractivity contribution in [1.29, 1.82) is 0 Å². The van der Waals surface area contributed by atoms with Gasteiger partial charge in [0, 0.05) is 25.7 Å². The molecule has 5 nitrogen and oxygen atoms in total. The van der Waals surface area contributed by atoms with E-state index in [4.69, 9.17) is 4.74 Å². The lowest BCUT2D eigenvalue weighted by Gasteiger charge is -2.29. The molecule has 0 aromatic heterocycles. The molecule has 1 saturated heterocycles. The molecule has 1 unspecified atom stereocenters. The summed E-state index contributed by atoms with van der Waals surface area (Å²) in [5.41, 5.74) is 0. The number of rotatable bonds is 3. The fraction of sp³-hybridized carbons (Fsp3) is 0.900. The van der Waals surface area contributed by atoms with Crippen LogP contribution in [0.3, 0.4) is 0 Å². The van der Waals surface area contributed by atoms with E-state index in [1.165, 1.54) is 0 Å². The van der Waals surface area contributed by atoms with E-state index >= 15 is 0 Å². The van der Waals surface area contributed by atoms with E-state index in [1.54, 1.807) is 4.90 Å². The largest absolute Gasteiger partial charge is 0.378 e. The topological polar surface area (TPSA) is 44.8 Å². The maximum absolute atomic E-state index is 11.7. The van der Waals surface area contributed by atoms with Gasteiger partial charge in [0.1, 0.15) is 0 Å². The molecule has 2 amide bonds. The first-order valence-corrected chi connectivity index (χ1v) is 5.37. The Morgan fingerprint density at radius 2 is 2.07 bits per heavy atom. The van der Waals surface area contributed by atoms with Gasteiger partial charge in [-0.25, -0.2) is 4.79 Å². The van der Waals surface area contributed by atoms with Crippen LogP contribution in [0.5, 0.6) is 0 Å². The molecular formula is C10H21N3O2. The number of hydrogen-bond donors (Lipinski definition) is 1. The zero-order chi connectivity index (χ0) is 11.3. The van der Waals surface area contributed by atoms with Crippen LogP contribution in [-0.4, -0.2) is 68.8 Å². The highest BCUT2D eigenvalue weighted by atomic mass is 16.5. The van der Waals surface area contributed by atoms with Crippen molar-refractivity contribution >= 4 is 6.03 Å². The monoisotopic (exact) mass is 215 g/mol. The number of likely N-dealkylation sites (N-methyl/N-ethyl adjacent to an activating group) is 1. The maximum Gasteiger partial charge on any atom is 0.317 e. The van der Waals surface area contributed by atoms with E-state index in [2.05, 4.69) is 10.2 Å². The Hall–Kier alpha value is -0.810. The van der Waals surface area contributed by atoms with Crippen LogP contribution >= 0.6 is 0 Å². The normalized spacial score (nSPS) is 19.1. The van der Waals surface area contributed by atoms with Crippen molar-refractivity contribution in [3.8, 4) is 0 Å². The predicted molar refractivity (Wildman–Crippen MR) is 58.9 cm³/mol. The lowest BCUT2D eigenvalue weighted by molar-refractivity contribution is 0.0524. The van der Waals surface area contributed by atoms with E-state index in [0.29, 0.717) is 26.3 Å². The lowest BCUT2D eigenvalue weighted by Crippen LogP contribution is -2.50. The summed E-state index contributed by atoms with van der Waals surface area (Å²) in [6, 6.07) is 0.197. The fourth-order valence-electron chi connectivity index (χ4n) is 1.66. The number of carbonyl (C=O) groups excluding carboxylic acids is 1. The van der Waals surface area contributed by atoms with Crippen LogP contribution in [-0.2, 0) is 4.74 Å². The Morgan fingerprint density at radius 1 is 1.47 bits per heavy atom. The molecule has 5 heteroatoms. The molecule has 15 heavy (non-hydrogen) atoms. The molecule has 1 fully saturated rings. The predicted octanol–water partition coefficient (Wildman–Crippen LogP) is -0.0217. The van der Waals surface area contributed by atoms with E-state index in [1.807, 2.05) is 21.0 Å². The summed E-state index contributed by atoms with van der Waals surface area (Å²) in [6.45, 7) is 5.56. The minimum Gasteiger partial charge on any atom is -0.378 e. The molecule has 1 atom stereocenters. The summed E-state index contributed by atoms with van der Waals surface area (Å²) in [4.78, 5) is 15.6. The van der Waals surface area contributed by atoms with Gasteiger partial charge in [0.25, 0.3) is 0 Å². The van der Waals surface area contributed by atoms with Gasteiger partial charge < -0.3 is 19.9 Å². The van der Waals surface area contributed by atoms with E-state index in [0.717, 1.165) is 6.54 Å². The zero-order valence-electron chi connectivity index (χ0n) is 9.82. The number of nitrogens with one attached hydrogen (secondary N) is 1. The fourth-order valence-corrected chi connectivity index (χ4v) is 1.66. The minimum atomic E-state index is 0.0210. The standard InChI is InChI=1S/C10H21N3O2/c1-9(8-12(2)3)11-10(14)13-4-6-15-7-5-13/h9H,4-8H2,1-3H3,(H,11,14). The quantitative estimate of drug-likeness (QED) is 0.719. The van der Waals surface area contributed by atoms with Gasteiger partial charge in [-0.15, -0.1) is 0 Å². The van der Waals surface area contributed by atoms with E-state index < -0.39 is 0 Å². The average molecular weight is 215 g/mol. The first-order chi connectivity index (χ1) is 7.09. The summed E-state index contributed by atoms with van der Waals surface area (Å²) in [7, 11) is 3.99. The van der Waals surface area contributed by atoms with Gasteiger partial charge in [-0.1, -0.05) is 0 Å². The molecule has 1 heterocycles. The number of hydrogen-bond acceptors (Lipinski definition) is 3. The smallest absolute Gasteiger partial charge is 0.317 e. The SMILES string of the molecule is CC(CN(C)C)NC(=O)N1CCOCC1. The van der Waals surface area contributed by atoms with Crippen LogP contribution in [0.4, 0.5) is 4.79 Å². The van der Waals surface area contributed by atoms with Crippen molar-refractivity contribution in [3.63, 3.8) is 0 Å². The van der Waals surface area contributed by atoms with Gasteiger partial charge in [-0.2, -0.15) is 0 Å². The number of ether oxygens (including phenoxy) is 1. The molecule has 0 aromatic rings. The van der Waals surface area contributed by atoms with Gasteiger partial charge in [0.05, 0.1) is 13.2 Å². The number of carbonyl (C=O) groups is 1. The Bertz CT molecular complexity index is 203. The first-order valence-electron chi connectivity index (χ1n) is 5.37. The van der Waals surface area contributed by atoms with Crippen LogP contribution in [0, 0.1) is 0 Å². The summed E-state index contributed by atoms with van der Waals surface area (Å²) in [6.07, 6.45) is 0. The van der Waals surface area contributed by atoms with Gasteiger partial charge in [0.2, 0.25) is 0 Å². The highest BCUT2D eigenvalue weighted by Gasteiger charge is 2.18. The van der Waals surface area contributed by atoms with Crippen LogP contribution in [0.2, 0.25) is 0 Å². The molecule has 0 bridgehead atoms. The molecule has 0 radical (unpaired) electrons. The van der Waals surface area contributed by atoms with Crippen molar-refractivity contribution in [1.82, 2.24) is 15.1 Å². The molecule has 1 aliphatic heterocycles. The Kier molecular flexibility index (Phi) is 4.84. The number of amides is 2. The second-order valence-corrected chi connectivity index (χ2v) is 4.21. The van der Waals surface area contributed by atoms with E-state index in [-0.39, 0.29) is 12.1 Å². The van der Waals surface area contributed by atoms with Gasteiger partial charge in [-0.3, -0.25) is 0 Å². The second kappa shape index (κ2) is 5.92. The average Bonchev–Trinajstić information content (AvgIpc) is 2.17. The molecule has 1 N–H and O–H groups in total. The minimum absolute atomic E-state index is 0.0210.